The lowest BCUT2D eigenvalue weighted by atomic mass is 9.81. The van der Waals surface area contributed by atoms with Gasteiger partial charge in [-0.05, 0) is 127 Å². The highest BCUT2D eigenvalue weighted by Gasteiger charge is 2.36. The largest absolute Gasteiger partial charge is 0.456 e. The fourth-order valence-corrected chi connectivity index (χ4v) is 9.12. The van der Waals surface area contributed by atoms with E-state index in [1.807, 2.05) is 12.1 Å². The van der Waals surface area contributed by atoms with E-state index in [1.54, 1.807) is 0 Å². The maximum Gasteiger partial charge on any atom is 0.135 e. The number of hydrogen-bond donors (Lipinski definition) is 0. The maximum atomic E-state index is 6.05. The molecule has 2 nitrogen and oxygen atoms in total. The van der Waals surface area contributed by atoms with Crippen LogP contribution in [-0.4, -0.2) is 0 Å². The molecule has 10 aromatic rings. The zero-order chi connectivity index (χ0) is 39.5. The van der Waals surface area contributed by atoms with Gasteiger partial charge in [0.2, 0.25) is 0 Å². The number of hydrogen-bond acceptors (Lipinski definition) is 2. The first-order chi connectivity index (χ1) is 29.0. The SMILES string of the molecule is CC1(C)c2cc(-c3ccccc3)ccc2-c2ccc(N(c3ccccc3)c3ccc(-c4ccc(-c5ccc(-c6ccc7oc8ccccc8c7c6)cc5)cc4)cc3)cc21. The van der Waals surface area contributed by atoms with Gasteiger partial charge in [-0.1, -0.05) is 166 Å². The van der Waals surface area contributed by atoms with E-state index >= 15 is 0 Å². The van der Waals surface area contributed by atoms with E-state index in [0.717, 1.165) is 39.0 Å². The van der Waals surface area contributed by atoms with Gasteiger partial charge in [-0.3, -0.25) is 0 Å². The third kappa shape index (κ3) is 6.04. The van der Waals surface area contributed by atoms with Crippen LogP contribution in [0.5, 0.6) is 0 Å². The van der Waals surface area contributed by atoms with Crippen LogP contribution >= 0.6 is 0 Å². The van der Waals surface area contributed by atoms with Gasteiger partial charge in [0.05, 0.1) is 0 Å². The van der Waals surface area contributed by atoms with Gasteiger partial charge in [0.15, 0.2) is 0 Å². The normalized spacial score (nSPS) is 12.7. The molecule has 0 atom stereocenters. The summed E-state index contributed by atoms with van der Waals surface area (Å²) in [6, 6.07) is 76.8. The number of fused-ring (bicyclic) bond motifs is 6. The Morgan fingerprint density at radius 3 is 1.41 bits per heavy atom. The molecule has 0 N–H and O–H groups in total. The van der Waals surface area contributed by atoms with Crippen molar-refractivity contribution in [3.05, 3.63) is 223 Å². The number of furan rings is 1. The summed E-state index contributed by atoms with van der Waals surface area (Å²) in [7, 11) is 0. The Bertz CT molecular complexity index is 3140. The fraction of sp³-hybridized carbons (Fsp3) is 0.0526. The summed E-state index contributed by atoms with van der Waals surface area (Å²) in [5.41, 5.74) is 20.1. The van der Waals surface area contributed by atoms with Crippen molar-refractivity contribution in [2.24, 2.45) is 0 Å². The number of nitrogens with zero attached hydrogens (tertiary/aromatic N) is 1. The monoisotopic (exact) mass is 755 g/mol. The molecule has 0 bridgehead atoms. The minimum Gasteiger partial charge on any atom is -0.456 e. The standard InChI is InChI=1S/C57H41NO/c1-57(2)53-36-45(38-11-5-3-6-12-38)27-32-49(53)50-33-31-48(37-54(50)57)58(46-13-7-4-8-14-46)47-29-25-42(26-30-47)41-19-17-39(18-20-41)40-21-23-43(24-22-40)44-28-34-56-52(35-44)51-15-9-10-16-55(51)59-56/h3-37H,1-2H3. The second kappa shape index (κ2) is 13.9. The van der Waals surface area contributed by atoms with Gasteiger partial charge >= 0.3 is 0 Å². The average molecular weight is 756 g/mol. The summed E-state index contributed by atoms with van der Waals surface area (Å²) in [6.07, 6.45) is 0. The zero-order valence-electron chi connectivity index (χ0n) is 33.1. The maximum absolute atomic E-state index is 6.05. The van der Waals surface area contributed by atoms with Crippen LogP contribution in [0.2, 0.25) is 0 Å². The number of benzene rings is 9. The third-order valence-electron chi connectivity index (χ3n) is 12.3. The molecule has 1 aliphatic carbocycles. The van der Waals surface area contributed by atoms with Gasteiger partial charge in [0.25, 0.3) is 0 Å². The highest BCUT2D eigenvalue weighted by Crippen LogP contribution is 2.51. The molecule has 0 amide bonds. The molecule has 1 aliphatic rings. The molecule has 0 aliphatic heterocycles. The first kappa shape index (κ1) is 34.8. The second-order valence-electron chi connectivity index (χ2n) is 16.2. The highest BCUT2D eigenvalue weighted by atomic mass is 16.3. The molecule has 59 heavy (non-hydrogen) atoms. The second-order valence-corrected chi connectivity index (χ2v) is 16.2. The summed E-state index contributed by atoms with van der Waals surface area (Å²) in [5, 5.41) is 2.30. The predicted molar refractivity (Wildman–Crippen MR) is 248 cm³/mol. The van der Waals surface area contributed by atoms with Crippen LogP contribution in [-0.2, 0) is 5.41 Å². The molecular weight excluding hydrogens is 715 g/mol. The molecule has 9 aromatic carbocycles. The quantitative estimate of drug-likeness (QED) is 0.161. The molecule has 2 heteroatoms. The Morgan fingerprint density at radius 2 is 0.746 bits per heavy atom. The van der Waals surface area contributed by atoms with Crippen LogP contribution in [0, 0.1) is 0 Å². The Labute approximate surface area is 345 Å². The van der Waals surface area contributed by atoms with Crippen molar-refractivity contribution in [3.8, 4) is 55.6 Å². The summed E-state index contributed by atoms with van der Waals surface area (Å²) in [6.45, 7) is 4.73. The molecule has 0 radical (unpaired) electrons. The van der Waals surface area contributed by atoms with Crippen LogP contribution in [0.3, 0.4) is 0 Å². The number of para-hydroxylation sites is 2. The summed E-state index contributed by atoms with van der Waals surface area (Å²) in [5.74, 6) is 0. The lowest BCUT2D eigenvalue weighted by Crippen LogP contribution is -2.16. The van der Waals surface area contributed by atoms with Gasteiger partial charge in [0, 0.05) is 33.2 Å². The van der Waals surface area contributed by atoms with Crippen molar-refractivity contribution >= 4 is 39.0 Å². The summed E-state index contributed by atoms with van der Waals surface area (Å²) in [4.78, 5) is 2.38. The molecule has 1 heterocycles. The molecule has 0 spiro atoms. The zero-order valence-corrected chi connectivity index (χ0v) is 33.1. The van der Waals surface area contributed by atoms with Crippen molar-refractivity contribution in [1.29, 1.82) is 0 Å². The molecule has 1 aromatic heterocycles. The molecule has 11 rings (SSSR count). The minimum atomic E-state index is -0.142. The highest BCUT2D eigenvalue weighted by molar-refractivity contribution is 6.06. The van der Waals surface area contributed by atoms with E-state index in [-0.39, 0.29) is 5.41 Å². The predicted octanol–water partition coefficient (Wildman–Crippen LogP) is 16.0. The Kier molecular flexibility index (Phi) is 8.20. The minimum absolute atomic E-state index is 0.142. The van der Waals surface area contributed by atoms with Crippen molar-refractivity contribution in [1.82, 2.24) is 0 Å². The smallest absolute Gasteiger partial charge is 0.135 e. The molecule has 0 saturated carbocycles. The van der Waals surface area contributed by atoms with Crippen molar-refractivity contribution in [2.75, 3.05) is 4.90 Å². The number of anilines is 3. The van der Waals surface area contributed by atoms with Gasteiger partial charge < -0.3 is 9.32 Å². The first-order valence-electron chi connectivity index (χ1n) is 20.4. The fourth-order valence-electron chi connectivity index (χ4n) is 9.12. The molecular formula is C57H41NO. The molecule has 0 fully saturated rings. The van der Waals surface area contributed by atoms with E-state index in [0.29, 0.717) is 0 Å². The van der Waals surface area contributed by atoms with Crippen LogP contribution < -0.4 is 4.90 Å². The van der Waals surface area contributed by atoms with Crippen LogP contribution in [0.4, 0.5) is 17.1 Å². The van der Waals surface area contributed by atoms with Crippen LogP contribution in [0.1, 0.15) is 25.0 Å². The molecule has 0 saturated heterocycles. The number of rotatable bonds is 7. The van der Waals surface area contributed by atoms with E-state index < -0.39 is 0 Å². The van der Waals surface area contributed by atoms with Crippen LogP contribution in [0.25, 0.3) is 77.6 Å². The lowest BCUT2D eigenvalue weighted by Gasteiger charge is -2.28. The van der Waals surface area contributed by atoms with Crippen molar-refractivity contribution in [3.63, 3.8) is 0 Å². The molecule has 0 unspecified atom stereocenters. The van der Waals surface area contributed by atoms with Gasteiger partial charge in [-0.2, -0.15) is 0 Å². The van der Waals surface area contributed by atoms with Crippen molar-refractivity contribution in [2.45, 2.75) is 19.3 Å². The van der Waals surface area contributed by atoms with E-state index in [9.17, 15) is 0 Å². The topological polar surface area (TPSA) is 16.4 Å². The third-order valence-corrected chi connectivity index (χ3v) is 12.3. The lowest BCUT2D eigenvalue weighted by molar-refractivity contribution is 0.660. The van der Waals surface area contributed by atoms with Gasteiger partial charge in [-0.15, -0.1) is 0 Å². The Balaban J connectivity index is 0.859. The van der Waals surface area contributed by atoms with E-state index in [1.165, 1.54) is 66.8 Å². The van der Waals surface area contributed by atoms with Gasteiger partial charge in [0.1, 0.15) is 11.2 Å². The van der Waals surface area contributed by atoms with Crippen LogP contribution in [0.15, 0.2) is 217 Å². The average Bonchev–Trinajstić information content (AvgIpc) is 3.78. The summed E-state index contributed by atoms with van der Waals surface area (Å²) < 4.78 is 6.05. The Morgan fingerprint density at radius 1 is 0.322 bits per heavy atom. The van der Waals surface area contributed by atoms with E-state index in [4.69, 9.17) is 4.42 Å². The van der Waals surface area contributed by atoms with E-state index in [2.05, 4.69) is 219 Å². The Hall–Kier alpha value is -7.42. The van der Waals surface area contributed by atoms with Gasteiger partial charge in [-0.25, -0.2) is 0 Å². The molecule has 280 valence electrons. The summed E-state index contributed by atoms with van der Waals surface area (Å²) >= 11 is 0. The first-order valence-corrected chi connectivity index (χ1v) is 20.4. The van der Waals surface area contributed by atoms with Crippen molar-refractivity contribution < 1.29 is 4.42 Å².